The number of fused-ring (bicyclic) bond motifs is 1. The van der Waals surface area contributed by atoms with Crippen LogP contribution < -0.4 is 4.90 Å². The highest BCUT2D eigenvalue weighted by atomic mass is 16.6. The summed E-state index contributed by atoms with van der Waals surface area (Å²) in [5, 5.41) is 20.6. The molecular formula is C23H23N5O5. The number of rotatable bonds is 7. The Kier molecular flexibility index (Phi) is 6.43. The third-order valence-corrected chi connectivity index (χ3v) is 5.62. The number of nitrogens with zero attached hydrogens (tertiary/aromatic N) is 5. The summed E-state index contributed by atoms with van der Waals surface area (Å²) in [6.07, 6.45) is 0.529. The molecule has 2 aromatic carbocycles. The molecule has 0 unspecified atom stereocenters. The summed E-state index contributed by atoms with van der Waals surface area (Å²) >= 11 is 0. The predicted molar refractivity (Wildman–Crippen MR) is 122 cm³/mol. The lowest BCUT2D eigenvalue weighted by Gasteiger charge is -2.35. The molecule has 0 atom stereocenters. The van der Waals surface area contributed by atoms with Crippen LogP contribution in [0.1, 0.15) is 19.3 Å². The third kappa shape index (κ3) is 5.05. The summed E-state index contributed by atoms with van der Waals surface area (Å²) in [6, 6.07) is 14.0. The van der Waals surface area contributed by atoms with Gasteiger partial charge in [0.2, 0.25) is 11.9 Å². The minimum atomic E-state index is -0.902. The number of benzene rings is 2. The molecule has 3 aromatic rings. The maximum atomic E-state index is 12.4. The first kappa shape index (κ1) is 22.1. The van der Waals surface area contributed by atoms with E-state index in [2.05, 4.69) is 4.98 Å². The predicted octanol–water partition coefficient (Wildman–Crippen LogP) is 3.11. The molecule has 1 fully saturated rings. The fraction of sp³-hybridized carbons (Fsp3) is 0.304. The van der Waals surface area contributed by atoms with Crippen LogP contribution in [-0.4, -0.2) is 63.0 Å². The molecule has 1 N–H and O–H groups in total. The first-order valence-corrected chi connectivity index (χ1v) is 10.7. The van der Waals surface area contributed by atoms with E-state index in [1.54, 1.807) is 11.0 Å². The van der Waals surface area contributed by atoms with Crippen LogP contribution in [0.2, 0.25) is 0 Å². The molecule has 1 amide bonds. The molecule has 1 aliphatic heterocycles. The molecule has 1 saturated heterocycles. The van der Waals surface area contributed by atoms with Crippen molar-refractivity contribution in [2.45, 2.75) is 19.3 Å². The number of piperazine rings is 1. The van der Waals surface area contributed by atoms with Gasteiger partial charge < -0.3 is 14.9 Å². The van der Waals surface area contributed by atoms with Crippen molar-refractivity contribution in [3.8, 4) is 11.3 Å². The summed E-state index contributed by atoms with van der Waals surface area (Å²) in [7, 11) is 0. The fourth-order valence-electron chi connectivity index (χ4n) is 3.88. The summed E-state index contributed by atoms with van der Waals surface area (Å²) in [5.41, 5.74) is 2.04. The summed E-state index contributed by atoms with van der Waals surface area (Å²) in [5.74, 6) is -0.443. The van der Waals surface area contributed by atoms with Gasteiger partial charge in [-0.2, -0.15) is 0 Å². The Morgan fingerprint density at radius 3 is 2.39 bits per heavy atom. The minimum absolute atomic E-state index is 0.0168. The molecule has 2 heterocycles. The molecule has 1 aliphatic rings. The Morgan fingerprint density at radius 1 is 1.00 bits per heavy atom. The van der Waals surface area contributed by atoms with E-state index in [0.29, 0.717) is 55.1 Å². The number of carbonyl (C=O) groups excluding carboxylic acids is 1. The van der Waals surface area contributed by atoms with Gasteiger partial charge in [0.15, 0.2) is 0 Å². The molecule has 0 saturated carbocycles. The first-order valence-electron chi connectivity index (χ1n) is 10.7. The standard InChI is InChI=1S/C23H23N5O5/c29-20(7-4-8-21(30)31)26-11-13-27(14-12-26)23-24-19-10-9-17(28(32)33)15-18(19)22(25-23)16-5-2-1-3-6-16/h1-3,5-6,9-10,15H,4,7-8,11-14H2,(H,30,31). The molecule has 170 valence electrons. The lowest BCUT2D eigenvalue weighted by atomic mass is 10.1. The monoisotopic (exact) mass is 449 g/mol. The number of aliphatic carboxylic acids is 1. The van der Waals surface area contributed by atoms with Crippen molar-refractivity contribution < 1.29 is 19.6 Å². The van der Waals surface area contributed by atoms with Gasteiger partial charge in [0.05, 0.1) is 16.1 Å². The number of carbonyl (C=O) groups is 2. The van der Waals surface area contributed by atoms with Crippen LogP contribution in [0.4, 0.5) is 11.6 Å². The van der Waals surface area contributed by atoms with Gasteiger partial charge in [-0.05, 0) is 12.5 Å². The summed E-state index contributed by atoms with van der Waals surface area (Å²) < 4.78 is 0. The van der Waals surface area contributed by atoms with Crippen molar-refractivity contribution >= 4 is 34.4 Å². The second-order valence-corrected chi connectivity index (χ2v) is 7.81. The van der Waals surface area contributed by atoms with E-state index in [9.17, 15) is 19.7 Å². The van der Waals surface area contributed by atoms with Crippen molar-refractivity contribution in [2.75, 3.05) is 31.1 Å². The second kappa shape index (κ2) is 9.60. The summed E-state index contributed by atoms with van der Waals surface area (Å²) in [6.45, 7) is 2.07. The topological polar surface area (TPSA) is 130 Å². The van der Waals surface area contributed by atoms with Crippen molar-refractivity contribution in [1.29, 1.82) is 0 Å². The Morgan fingerprint density at radius 2 is 1.73 bits per heavy atom. The fourth-order valence-corrected chi connectivity index (χ4v) is 3.88. The third-order valence-electron chi connectivity index (χ3n) is 5.62. The van der Waals surface area contributed by atoms with E-state index >= 15 is 0 Å². The van der Waals surface area contributed by atoms with Crippen molar-refractivity contribution in [1.82, 2.24) is 14.9 Å². The van der Waals surface area contributed by atoms with Crippen LogP contribution in [0.3, 0.4) is 0 Å². The van der Waals surface area contributed by atoms with E-state index in [-0.39, 0.29) is 24.4 Å². The smallest absolute Gasteiger partial charge is 0.303 e. The van der Waals surface area contributed by atoms with Gasteiger partial charge in [-0.15, -0.1) is 0 Å². The normalized spacial score (nSPS) is 13.8. The number of nitro groups is 1. The van der Waals surface area contributed by atoms with E-state index in [4.69, 9.17) is 10.1 Å². The largest absolute Gasteiger partial charge is 0.481 e. The zero-order valence-electron chi connectivity index (χ0n) is 17.9. The number of carboxylic acid groups (broad SMARTS) is 1. The van der Waals surface area contributed by atoms with Gasteiger partial charge in [-0.1, -0.05) is 30.3 Å². The number of hydrogen-bond acceptors (Lipinski definition) is 7. The van der Waals surface area contributed by atoms with Gasteiger partial charge in [0.25, 0.3) is 5.69 Å². The lowest BCUT2D eigenvalue weighted by molar-refractivity contribution is -0.384. The zero-order valence-corrected chi connectivity index (χ0v) is 17.9. The highest BCUT2D eigenvalue weighted by Crippen LogP contribution is 2.31. The average molecular weight is 449 g/mol. The van der Waals surface area contributed by atoms with Gasteiger partial charge >= 0.3 is 5.97 Å². The SMILES string of the molecule is O=C(O)CCCC(=O)N1CCN(c2nc(-c3ccccc3)c3cc([N+](=O)[O-])ccc3n2)CC1. The molecule has 0 spiro atoms. The zero-order chi connectivity index (χ0) is 23.4. The van der Waals surface area contributed by atoms with Gasteiger partial charge in [-0.3, -0.25) is 19.7 Å². The van der Waals surface area contributed by atoms with E-state index in [0.717, 1.165) is 5.56 Å². The number of aromatic nitrogens is 2. The lowest BCUT2D eigenvalue weighted by Crippen LogP contribution is -2.49. The number of nitro benzene ring substituents is 1. The van der Waals surface area contributed by atoms with Crippen molar-refractivity contribution in [3.05, 3.63) is 58.6 Å². The molecule has 33 heavy (non-hydrogen) atoms. The number of carboxylic acids is 1. The maximum Gasteiger partial charge on any atom is 0.303 e. The number of non-ortho nitro benzene ring substituents is 1. The van der Waals surface area contributed by atoms with E-state index in [1.807, 2.05) is 35.2 Å². The molecule has 4 rings (SSSR count). The van der Waals surface area contributed by atoms with Gasteiger partial charge in [0.1, 0.15) is 0 Å². The van der Waals surface area contributed by atoms with Crippen LogP contribution in [0, 0.1) is 10.1 Å². The first-order chi connectivity index (χ1) is 15.9. The minimum Gasteiger partial charge on any atom is -0.481 e. The molecule has 10 heteroatoms. The maximum absolute atomic E-state index is 12.4. The second-order valence-electron chi connectivity index (χ2n) is 7.81. The summed E-state index contributed by atoms with van der Waals surface area (Å²) in [4.78, 5) is 47.0. The number of hydrogen-bond donors (Lipinski definition) is 1. The van der Waals surface area contributed by atoms with Crippen LogP contribution >= 0.6 is 0 Å². The van der Waals surface area contributed by atoms with Gasteiger partial charge in [0, 0.05) is 62.1 Å². The molecule has 1 aromatic heterocycles. The molecule has 0 radical (unpaired) electrons. The Bertz CT molecular complexity index is 1190. The van der Waals surface area contributed by atoms with E-state index in [1.165, 1.54) is 12.1 Å². The highest BCUT2D eigenvalue weighted by molar-refractivity contribution is 5.94. The van der Waals surface area contributed by atoms with E-state index < -0.39 is 10.9 Å². The number of anilines is 1. The van der Waals surface area contributed by atoms with Crippen molar-refractivity contribution in [3.63, 3.8) is 0 Å². The van der Waals surface area contributed by atoms with Crippen LogP contribution in [0.25, 0.3) is 22.2 Å². The van der Waals surface area contributed by atoms with Gasteiger partial charge in [-0.25, -0.2) is 9.97 Å². The van der Waals surface area contributed by atoms with Crippen LogP contribution in [0.15, 0.2) is 48.5 Å². The highest BCUT2D eigenvalue weighted by Gasteiger charge is 2.24. The van der Waals surface area contributed by atoms with Crippen LogP contribution in [0.5, 0.6) is 0 Å². The average Bonchev–Trinajstić information content (AvgIpc) is 2.83. The molecule has 10 nitrogen and oxygen atoms in total. The Hall–Kier alpha value is -4.08. The van der Waals surface area contributed by atoms with Crippen LogP contribution in [-0.2, 0) is 9.59 Å². The molecule has 0 aliphatic carbocycles. The molecule has 0 bridgehead atoms. The Labute approximate surface area is 189 Å². The van der Waals surface area contributed by atoms with Crippen molar-refractivity contribution in [2.24, 2.45) is 0 Å². The number of amides is 1. The quantitative estimate of drug-likeness (QED) is 0.430. The molecular weight excluding hydrogens is 426 g/mol. The Balaban J connectivity index is 1.58.